The molecule has 0 spiro atoms. The molecular formula is C15H23NO3. The number of nitrogens with two attached hydrogens (primary N) is 1. The van der Waals surface area contributed by atoms with E-state index >= 15 is 0 Å². The molecule has 0 radical (unpaired) electrons. The summed E-state index contributed by atoms with van der Waals surface area (Å²) in [6.07, 6.45) is 4.66. The largest absolute Gasteiger partial charge is 0.493 e. The highest BCUT2D eigenvalue weighted by atomic mass is 16.5. The zero-order valence-corrected chi connectivity index (χ0v) is 11.9. The van der Waals surface area contributed by atoms with Gasteiger partial charge in [-0.05, 0) is 36.5 Å². The van der Waals surface area contributed by atoms with Crippen LogP contribution >= 0.6 is 0 Å². The zero-order valence-electron chi connectivity index (χ0n) is 11.9. The normalized spacial score (nSPS) is 22.9. The monoisotopic (exact) mass is 265 g/mol. The molecule has 1 fully saturated rings. The van der Waals surface area contributed by atoms with Crippen molar-refractivity contribution in [2.75, 3.05) is 21.3 Å². The summed E-state index contributed by atoms with van der Waals surface area (Å²) in [5.74, 6) is 2.42. The van der Waals surface area contributed by atoms with Crippen LogP contribution in [0.3, 0.4) is 0 Å². The van der Waals surface area contributed by atoms with E-state index in [9.17, 15) is 0 Å². The molecule has 2 rings (SSSR count). The topological polar surface area (TPSA) is 53.7 Å². The molecule has 0 heterocycles. The van der Waals surface area contributed by atoms with Gasteiger partial charge in [0, 0.05) is 6.04 Å². The van der Waals surface area contributed by atoms with Gasteiger partial charge in [0.1, 0.15) is 0 Å². The van der Waals surface area contributed by atoms with Crippen molar-refractivity contribution >= 4 is 0 Å². The summed E-state index contributed by atoms with van der Waals surface area (Å²) in [5, 5.41) is 0. The standard InChI is InChI=1S/C15H23NO3/c1-17-13-8-10(9-14(18-2)15(13)19-3)11-6-4-5-7-12(11)16/h8-9,11-12H,4-7,16H2,1-3H3/t11-,12+/m0/s1. The first kappa shape index (κ1) is 14.0. The summed E-state index contributed by atoms with van der Waals surface area (Å²) in [6.45, 7) is 0. The van der Waals surface area contributed by atoms with Crippen LogP contribution in [0.15, 0.2) is 12.1 Å². The second kappa shape index (κ2) is 6.15. The quantitative estimate of drug-likeness (QED) is 0.909. The summed E-state index contributed by atoms with van der Waals surface area (Å²) in [6, 6.07) is 4.27. The van der Waals surface area contributed by atoms with Crippen molar-refractivity contribution in [2.24, 2.45) is 5.73 Å². The zero-order chi connectivity index (χ0) is 13.8. The minimum absolute atomic E-state index is 0.219. The van der Waals surface area contributed by atoms with Crippen LogP contribution in [-0.4, -0.2) is 27.4 Å². The van der Waals surface area contributed by atoms with E-state index in [0.717, 1.165) is 12.8 Å². The van der Waals surface area contributed by atoms with Crippen LogP contribution in [0.25, 0.3) is 0 Å². The van der Waals surface area contributed by atoms with Crippen molar-refractivity contribution in [2.45, 2.75) is 37.6 Å². The van der Waals surface area contributed by atoms with Gasteiger partial charge < -0.3 is 19.9 Å². The lowest BCUT2D eigenvalue weighted by Crippen LogP contribution is -2.31. The Morgan fingerprint density at radius 2 is 1.53 bits per heavy atom. The first-order valence-electron chi connectivity index (χ1n) is 6.76. The van der Waals surface area contributed by atoms with Gasteiger partial charge in [0.25, 0.3) is 0 Å². The lowest BCUT2D eigenvalue weighted by Gasteiger charge is -2.29. The summed E-state index contributed by atoms with van der Waals surface area (Å²) in [5.41, 5.74) is 7.43. The van der Waals surface area contributed by atoms with Gasteiger partial charge in [0.2, 0.25) is 5.75 Å². The van der Waals surface area contributed by atoms with Crippen molar-refractivity contribution in [1.29, 1.82) is 0 Å². The number of hydrogen-bond donors (Lipinski definition) is 1. The van der Waals surface area contributed by atoms with Crippen LogP contribution in [-0.2, 0) is 0 Å². The minimum atomic E-state index is 0.219. The van der Waals surface area contributed by atoms with E-state index in [-0.39, 0.29) is 6.04 Å². The van der Waals surface area contributed by atoms with Gasteiger partial charge in [-0.2, -0.15) is 0 Å². The van der Waals surface area contributed by atoms with E-state index in [1.165, 1.54) is 18.4 Å². The molecule has 1 saturated carbocycles. The molecule has 2 atom stereocenters. The van der Waals surface area contributed by atoms with E-state index < -0.39 is 0 Å². The van der Waals surface area contributed by atoms with Gasteiger partial charge in [-0.1, -0.05) is 12.8 Å². The number of benzene rings is 1. The average Bonchev–Trinajstić information content (AvgIpc) is 2.46. The van der Waals surface area contributed by atoms with Crippen molar-refractivity contribution in [3.05, 3.63) is 17.7 Å². The first-order valence-corrected chi connectivity index (χ1v) is 6.76. The van der Waals surface area contributed by atoms with E-state index in [2.05, 4.69) is 0 Å². The molecular weight excluding hydrogens is 242 g/mol. The maximum absolute atomic E-state index is 6.25. The van der Waals surface area contributed by atoms with Crippen LogP contribution in [0.5, 0.6) is 17.2 Å². The minimum Gasteiger partial charge on any atom is -0.493 e. The molecule has 0 unspecified atom stereocenters. The van der Waals surface area contributed by atoms with Crippen molar-refractivity contribution < 1.29 is 14.2 Å². The number of rotatable bonds is 4. The fourth-order valence-corrected chi connectivity index (χ4v) is 2.89. The van der Waals surface area contributed by atoms with Gasteiger partial charge >= 0.3 is 0 Å². The molecule has 0 amide bonds. The lowest BCUT2D eigenvalue weighted by atomic mass is 9.80. The molecule has 0 saturated heterocycles. The molecule has 2 N–H and O–H groups in total. The van der Waals surface area contributed by atoms with Crippen LogP contribution < -0.4 is 19.9 Å². The van der Waals surface area contributed by atoms with E-state index in [1.807, 2.05) is 12.1 Å². The highest BCUT2D eigenvalue weighted by Gasteiger charge is 2.25. The Hall–Kier alpha value is -1.42. The summed E-state index contributed by atoms with van der Waals surface area (Å²) in [7, 11) is 4.90. The third-order valence-corrected chi connectivity index (χ3v) is 3.93. The Bertz CT molecular complexity index is 408. The summed E-state index contributed by atoms with van der Waals surface area (Å²) in [4.78, 5) is 0. The Labute approximate surface area is 114 Å². The lowest BCUT2D eigenvalue weighted by molar-refractivity contribution is 0.321. The molecule has 1 aliphatic rings. The Morgan fingerprint density at radius 1 is 0.947 bits per heavy atom. The molecule has 19 heavy (non-hydrogen) atoms. The van der Waals surface area contributed by atoms with E-state index in [4.69, 9.17) is 19.9 Å². The van der Waals surface area contributed by atoms with Gasteiger partial charge in [-0.3, -0.25) is 0 Å². The predicted octanol–water partition coefficient (Wildman–Crippen LogP) is 2.70. The van der Waals surface area contributed by atoms with E-state index in [1.54, 1.807) is 21.3 Å². The van der Waals surface area contributed by atoms with E-state index in [0.29, 0.717) is 23.2 Å². The van der Waals surface area contributed by atoms with Crippen molar-refractivity contribution in [3.63, 3.8) is 0 Å². The Morgan fingerprint density at radius 3 is 2.00 bits per heavy atom. The Kier molecular flexibility index (Phi) is 4.53. The van der Waals surface area contributed by atoms with Crippen LogP contribution in [0.1, 0.15) is 37.2 Å². The van der Waals surface area contributed by atoms with Crippen LogP contribution in [0.2, 0.25) is 0 Å². The molecule has 0 bridgehead atoms. The number of hydrogen-bond acceptors (Lipinski definition) is 4. The third kappa shape index (κ3) is 2.78. The second-order valence-corrected chi connectivity index (χ2v) is 5.01. The molecule has 4 nitrogen and oxygen atoms in total. The SMILES string of the molecule is COc1cc([C@@H]2CCCC[C@H]2N)cc(OC)c1OC. The fourth-order valence-electron chi connectivity index (χ4n) is 2.89. The highest BCUT2D eigenvalue weighted by Crippen LogP contribution is 2.42. The summed E-state index contributed by atoms with van der Waals surface area (Å²) < 4.78 is 16.1. The molecule has 106 valence electrons. The Balaban J connectivity index is 2.40. The molecule has 1 aromatic carbocycles. The summed E-state index contributed by atoms with van der Waals surface area (Å²) >= 11 is 0. The molecule has 0 aliphatic heterocycles. The molecule has 0 aromatic heterocycles. The first-order chi connectivity index (χ1) is 9.21. The number of ether oxygens (including phenoxy) is 3. The predicted molar refractivity (Wildman–Crippen MR) is 75.3 cm³/mol. The fraction of sp³-hybridized carbons (Fsp3) is 0.600. The maximum atomic E-state index is 6.25. The molecule has 1 aromatic rings. The van der Waals surface area contributed by atoms with Gasteiger partial charge in [0.05, 0.1) is 21.3 Å². The van der Waals surface area contributed by atoms with Gasteiger partial charge in [-0.15, -0.1) is 0 Å². The van der Waals surface area contributed by atoms with Crippen LogP contribution in [0.4, 0.5) is 0 Å². The van der Waals surface area contributed by atoms with Gasteiger partial charge in [-0.25, -0.2) is 0 Å². The molecule has 1 aliphatic carbocycles. The van der Waals surface area contributed by atoms with Crippen molar-refractivity contribution in [1.82, 2.24) is 0 Å². The van der Waals surface area contributed by atoms with Crippen LogP contribution in [0, 0.1) is 0 Å². The smallest absolute Gasteiger partial charge is 0.203 e. The molecule has 4 heteroatoms. The average molecular weight is 265 g/mol. The number of methoxy groups -OCH3 is 3. The second-order valence-electron chi connectivity index (χ2n) is 5.01. The maximum Gasteiger partial charge on any atom is 0.203 e. The third-order valence-electron chi connectivity index (χ3n) is 3.93. The van der Waals surface area contributed by atoms with Crippen molar-refractivity contribution in [3.8, 4) is 17.2 Å². The van der Waals surface area contributed by atoms with Gasteiger partial charge in [0.15, 0.2) is 11.5 Å². The highest BCUT2D eigenvalue weighted by molar-refractivity contribution is 5.54.